The Labute approximate surface area is 103 Å². The van der Waals surface area contributed by atoms with Gasteiger partial charge in [-0.1, -0.05) is 11.6 Å². The Balaban J connectivity index is 2.42. The first kappa shape index (κ1) is 11.6. The fourth-order valence-electron chi connectivity index (χ4n) is 1.31. The summed E-state index contributed by atoms with van der Waals surface area (Å²) in [6.07, 6.45) is -0.460. The summed E-state index contributed by atoms with van der Waals surface area (Å²) in [6.45, 7) is 3.62. The van der Waals surface area contributed by atoms with Crippen LogP contribution >= 0.6 is 23.3 Å². The van der Waals surface area contributed by atoms with E-state index in [0.717, 1.165) is 28.4 Å². The maximum atomic E-state index is 9.46. The number of hydrogen-bond donors (Lipinski definition) is 2. The number of aliphatic hydroxyl groups excluding tert-OH is 1. The Morgan fingerprint density at radius 2 is 2.12 bits per heavy atom. The van der Waals surface area contributed by atoms with Gasteiger partial charge in [-0.15, -0.1) is 0 Å². The summed E-state index contributed by atoms with van der Waals surface area (Å²) in [7, 11) is 0. The van der Waals surface area contributed by atoms with Crippen LogP contribution < -0.4 is 5.32 Å². The molecule has 0 radical (unpaired) electrons. The van der Waals surface area contributed by atoms with Crippen molar-refractivity contribution in [2.75, 3.05) is 5.32 Å². The Morgan fingerprint density at radius 3 is 2.81 bits per heavy atom. The van der Waals surface area contributed by atoms with Crippen molar-refractivity contribution in [1.29, 1.82) is 0 Å². The predicted octanol–water partition coefficient (Wildman–Crippen LogP) is 2.53. The Bertz CT molecular complexity index is 500. The van der Waals surface area contributed by atoms with Gasteiger partial charge in [0.25, 0.3) is 0 Å². The molecule has 0 saturated carbocycles. The summed E-state index contributed by atoms with van der Waals surface area (Å²) in [5.41, 5.74) is 2.31. The van der Waals surface area contributed by atoms with Gasteiger partial charge in [0.15, 0.2) is 0 Å². The number of nitrogens with zero attached hydrogens (tertiary/aromatic N) is 2. The number of benzene rings is 1. The molecule has 0 spiro atoms. The molecular weight excluding hydrogens is 246 g/mol. The smallest absolute Gasteiger partial charge is 0.129 e. The number of fused-ring (bicyclic) bond motifs is 1. The predicted molar refractivity (Wildman–Crippen MR) is 67.2 cm³/mol. The largest absolute Gasteiger partial charge is 0.391 e. The average Bonchev–Trinajstić information content (AvgIpc) is 2.70. The van der Waals surface area contributed by atoms with Crippen molar-refractivity contribution < 1.29 is 5.11 Å². The van der Waals surface area contributed by atoms with Crippen LogP contribution in [0.5, 0.6) is 0 Å². The van der Waals surface area contributed by atoms with E-state index in [-0.39, 0.29) is 6.04 Å². The maximum absolute atomic E-state index is 9.46. The van der Waals surface area contributed by atoms with Gasteiger partial charge in [-0.2, -0.15) is 8.75 Å². The molecule has 4 nitrogen and oxygen atoms in total. The molecule has 1 aromatic heterocycles. The monoisotopic (exact) mass is 257 g/mol. The van der Waals surface area contributed by atoms with Crippen molar-refractivity contribution in [2.24, 2.45) is 0 Å². The number of halogens is 1. The lowest BCUT2D eigenvalue weighted by Crippen LogP contribution is -2.28. The highest BCUT2D eigenvalue weighted by Gasteiger charge is 2.14. The second kappa shape index (κ2) is 4.53. The van der Waals surface area contributed by atoms with Crippen LogP contribution in [-0.2, 0) is 0 Å². The zero-order valence-corrected chi connectivity index (χ0v) is 10.5. The summed E-state index contributed by atoms with van der Waals surface area (Å²) in [4.78, 5) is 0. The molecule has 0 fully saturated rings. The van der Waals surface area contributed by atoms with Gasteiger partial charge in [0.05, 0.1) is 28.5 Å². The van der Waals surface area contributed by atoms with Gasteiger partial charge in [-0.25, -0.2) is 0 Å². The van der Waals surface area contributed by atoms with E-state index in [4.69, 9.17) is 11.6 Å². The zero-order chi connectivity index (χ0) is 11.7. The van der Waals surface area contributed by atoms with Crippen LogP contribution in [0.2, 0.25) is 5.02 Å². The van der Waals surface area contributed by atoms with E-state index in [9.17, 15) is 5.11 Å². The van der Waals surface area contributed by atoms with Gasteiger partial charge in [0.2, 0.25) is 0 Å². The third-order valence-corrected chi connectivity index (χ3v) is 3.33. The highest BCUT2D eigenvalue weighted by atomic mass is 35.5. The van der Waals surface area contributed by atoms with Crippen LogP contribution in [0.25, 0.3) is 11.0 Å². The molecule has 6 heteroatoms. The molecule has 2 N–H and O–H groups in total. The topological polar surface area (TPSA) is 58.0 Å². The molecule has 2 rings (SSSR count). The van der Waals surface area contributed by atoms with Gasteiger partial charge < -0.3 is 10.4 Å². The molecule has 16 heavy (non-hydrogen) atoms. The van der Waals surface area contributed by atoms with Gasteiger partial charge in [0.1, 0.15) is 11.0 Å². The van der Waals surface area contributed by atoms with Gasteiger partial charge in [-0.05, 0) is 26.0 Å². The first-order chi connectivity index (χ1) is 7.59. The van der Waals surface area contributed by atoms with E-state index in [2.05, 4.69) is 14.1 Å². The number of hydrogen-bond acceptors (Lipinski definition) is 5. The van der Waals surface area contributed by atoms with Crippen LogP contribution in [0, 0.1) is 0 Å². The first-order valence-electron chi connectivity index (χ1n) is 4.95. The molecule has 1 heterocycles. The minimum Gasteiger partial charge on any atom is -0.391 e. The molecule has 1 aromatic carbocycles. The van der Waals surface area contributed by atoms with Crippen LogP contribution in [0.3, 0.4) is 0 Å². The van der Waals surface area contributed by atoms with Crippen molar-refractivity contribution in [3.8, 4) is 0 Å². The minimum absolute atomic E-state index is 0.0928. The first-order valence-corrected chi connectivity index (χ1v) is 6.06. The van der Waals surface area contributed by atoms with Crippen LogP contribution in [0.4, 0.5) is 5.69 Å². The molecule has 0 aliphatic heterocycles. The van der Waals surface area contributed by atoms with Crippen LogP contribution in [0.15, 0.2) is 12.1 Å². The number of nitrogens with one attached hydrogen (secondary N) is 1. The van der Waals surface area contributed by atoms with Crippen LogP contribution in [0.1, 0.15) is 13.8 Å². The van der Waals surface area contributed by atoms with Crippen molar-refractivity contribution >= 4 is 40.0 Å². The minimum atomic E-state index is -0.460. The lowest BCUT2D eigenvalue weighted by atomic mass is 10.2. The lowest BCUT2D eigenvalue weighted by Gasteiger charge is -2.18. The summed E-state index contributed by atoms with van der Waals surface area (Å²) in [5.74, 6) is 0. The molecular formula is C10H12ClN3OS. The van der Waals surface area contributed by atoms with Crippen molar-refractivity contribution in [3.05, 3.63) is 17.2 Å². The van der Waals surface area contributed by atoms with E-state index < -0.39 is 6.10 Å². The van der Waals surface area contributed by atoms with E-state index in [1.54, 1.807) is 13.0 Å². The molecule has 0 bridgehead atoms. The molecule has 0 aliphatic carbocycles. The second-order valence-electron chi connectivity index (χ2n) is 3.73. The summed E-state index contributed by atoms with van der Waals surface area (Å²) < 4.78 is 8.34. The van der Waals surface area contributed by atoms with Crippen molar-refractivity contribution in [2.45, 2.75) is 26.0 Å². The van der Waals surface area contributed by atoms with E-state index >= 15 is 0 Å². The third-order valence-electron chi connectivity index (χ3n) is 2.47. The van der Waals surface area contributed by atoms with E-state index in [1.807, 2.05) is 13.0 Å². The normalized spacial score (nSPS) is 15.0. The second-order valence-corrected chi connectivity index (χ2v) is 4.66. The summed E-state index contributed by atoms with van der Waals surface area (Å²) in [6, 6.07) is 3.52. The van der Waals surface area contributed by atoms with Crippen molar-refractivity contribution in [3.63, 3.8) is 0 Å². The number of rotatable bonds is 3. The molecule has 0 saturated heterocycles. The highest BCUT2D eigenvalue weighted by molar-refractivity contribution is 7.00. The summed E-state index contributed by atoms with van der Waals surface area (Å²) in [5, 5.41) is 13.2. The van der Waals surface area contributed by atoms with E-state index in [1.165, 1.54) is 0 Å². The highest BCUT2D eigenvalue weighted by Crippen LogP contribution is 2.30. The number of aromatic nitrogens is 2. The number of aliphatic hydroxyl groups is 1. The van der Waals surface area contributed by atoms with E-state index in [0.29, 0.717) is 5.02 Å². The van der Waals surface area contributed by atoms with Gasteiger partial charge in [-0.3, -0.25) is 0 Å². The quantitative estimate of drug-likeness (QED) is 0.887. The zero-order valence-electron chi connectivity index (χ0n) is 8.94. The maximum Gasteiger partial charge on any atom is 0.129 e. The molecule has 2 atom stereocenters. The van der Waals surface area contributed by atoms with Crippen molar-refractivity contribution in [1.82, 2.24) is 8.75 Å². The number of anilines is 1. The molecule has 2 aromatic rings. The van der Waals surface area contributed by atoms with Gasteiger partial charge >= 0.3 is 0 Å². The van der Waals surface area contributed by atoms with Crippen LogP contribution in [-0.4, -0.2) is 26.0 Å². The lowest BCUT2D eigenvalue weighted by molar-refractivity contribution is 0.178. The third kappa shape index (κ3) is 2.11. The molecule has 86 valence electrons. The average molecular weight is 258 g/mol. The molecule has 2 unspecified atom stereocenters. The Morgan fingerprint density at radius 1 is 1.38 bits per heavy atom. The summed E-state index contributed by atoms with van der Waals surface area (Å²) >= 11 is 7.25. The standard InChI is InChI=1S/C10H12ClN3OS/c1-5(6(2)15)12-9-7(11)3-4-8-10(9)14-16-13-8/h3-6,12,15H,1-2H3. The Hall–Kier alpha value is -0.910. The van der Waals surface area contributed by atoms with Gasteiger partial charge in [0, 0.05) is 6.04 Å². The fraction of sp³-hybridized carbons (Fsp3) is 0.400. The fourth-order valence-corrected chi connectivity index (χ4v) is 2.06. The molecule has 0 aliphatic rings. The Kier molecular flexibility index (Phi) is 3.28. The SMILES string of the molecule is CC(O)C(C)Nc1c(Cl)ccc2nsnc12. The molecule has 0 amide bonds.